The van der Waals surface area contributed by atoms with Crippen LogP contribution in [0.25, 0.3) is 0 Å². The van der Waals surface area contributed by atoms with Gasteiger partial charge in [-0.2, -0.15) is 0 Å². The maximum absolute atomic E-state index is 12.8. The monoisotopic (exact) mass is 401 g/mol. The number of Topliss-reactive ketones (excluding diaryl/α,β-unsaturated/α-hetero) is 1. The lowest BCUT2D eigenvalue weighted by Crippen LogP contribution is -2.18. The Morgan fingerprint density at radius 1 is 1.04 bits per heavy atom. The summed E-state index contributed by atoms with van der Waals surface area (Å²) >= 11 is 3.31. The molecule has 0 atom stereocenters. The first-order valence-electron chi connectivity index (χ1n) is 7.99. The van der Waals surface area contributed by atoms with Gasteiger partial charge in [-0.25, -0.2) is 4.79 Å². The summed E-state index contributed by atoms with van der Waals surface area (Å²) in [4.78, 5) is 29.8. The molecule has 2 aromatic carbocycles. The zero-order valence-corrected chi connectivity index (χ0v) is 16.3. The second-order valence-corrected chi connectivity index (χ2v) is 6.80. The minimum Gasteiger partial charge on any atom is -0.312 e. The standard InChI is InChI=1S/C20H20BrNO3/c1-5-17(19(23)18-13(3)10-12(2)11-14(18)4)22-25-20(24)15-6-8-16(21)9-7-15/h6-11H,5H2,1-4H3. The molecule has 5 heteroatoms. The lowest BCUT2D eigenvalue weighted by Gasteiger charge is -2.11. The highest BCUT2D eigenvalue weighted by Gasteiger charge is 2.19. The molecule has 0 aliphatic carbocycles. The van der Waals surface area contributed by atoms with Gasteiger partial charge in [0.15, 0.2) is 0 Å². The number of oxime groups is 1. The third-order valence-corrected chi connectivity index (χ3v) is 4.35. The molecule has 0 aromatic heterocycles. The lowest BCUT2D eigenvalue weighted by molar-refractivity contribution is 0.0515. The maximum atomic E-state index is 12.8. The van der Waals surface area contributed by atoms with Crippen LogP contribution in [-0.2, 0) is 4.84 Å². The smallest absolute Gasteiger partial charge is 0.312 e. The quantitative estimate of drug-likeness (QED) is 0.300. The van der Waals surface area contributed by atoms with E-state index in [0.29, 0.717) is 17.5 Å². The number of rotatable bonds is 5. The number of halogens is 1. The summed E-state index contributed by atoms with van der Waals surface area (Å²) in [6, 6.07) is 10.7. The molecule has 0 fully saturated rings. The van der Waals surface area contributed by atoms with Gasteiger partial charge in [0.2, 0.25) is 5.78 Å². The van der Waals surface area contributed by atoms with E-state index in [9.17, 15) is 9.59 Å². The first-order valence-corrected chi connectivity index (χ1v) is 8.79. The van der Waals surface area contributed by atoms with Gasteiger partial charge in [-0.3, -0.25) is 4.79 Å². The number of ketones is 1. The van der Waals surface area contributed by atoms with Crippen molar-refractivity contribution in [1.29, 1.82) is 0 Å². The largest absolute Gasteiger partial charge is 0.365 e. The van der Waals surface area contributed by atoms with E-state index in [1.54, 1.807) is 24.3 Å². The Hall–Kier alpha value is -2.27. The Morgan fingerprint density at radius 2 is 1.60 bits per heavy atom. The molecule has 25 heavy (non-hydrogen) atoms. The van der Waals surface area contributed by atoms with Gasteiger partial charge in [0, 0.05) is 10.0 Å². The zero-order chi connectivity index (χ0) is 18.6. The average molecular weight is 402 g/mol. The summed E-state index contributed by atoms with van der Waals surface area (Å²) in [5.41, 5.74) is 4.10. The summed E-state index contributed by atoms with van der Waals surface area (Å²) in [5, 5.41) is 3.83. The van der Waals surface area contributed by atoms with Gasteiger partial charge < -0.3 is 4.84 Å². The van der Waals surface area contributed by atoms with E-state index in [1.165, 1.54) is 0 Å². The minimum absolute atomic E-state index is 0.207. The van der Waals surface area contributed by atoms with Gasteiger partial charge in [-0.1, -0.05) is 45.7 Å². The first-order chi connectivity index (χ1) is 11.8. The van der Waals surface area contributed by atoms with Crippen LogP contribution in [0.1, 0.15) is 50.8 Å². The Morgan fingerprint density at radius 3 is 2.12 bits per heavy atom. The van der Waals surface area contributed by atoms with Gasteiger partial charge in [0.05, 0.1) is 5.56 Å². The van der Waals surface area contributed by atoms with Gasteiger partial charge in [0.1, 0.15) is 5.71 Å². The summed E-state index contributed by atoms with van der Waals surface area (Å²) in [6.45, 7) is 7.59. The van der Waals surface area contributed by atoms with E-state index in [2.05, 4.69) is 21.1 Å². The number of nitrogens with zero attached hydrogens (tertiary/aromatic N) is 1. The molecule has 4 nitrogen and oxygen atoms in total. The van der Waals surface area contributed by atoms with Crippen LogP contribution in [0.3, 0.4) is 0 Å². The highest BCUT2D eigenvalue weighted by molar-refractivity contribution is 9.10. The molecule has 0 aliphatic heterocycles. The fraction of sp³-hybridized carbons (Fsp3) is 0.250. The average Bonchev–Trinajstić information content (AvgIpc) is 2.54. The van der Waals surface area contributed by atoms with Crippen molar-refractivity contribution < 1.29 is 14.4 Å². The van der Waals surface area contributed by atoms with E-state index in [-0.39, 0.29) is 11.5 Å². The second kappa shape index (κ2) is 8.21. The van der Waals surface area contributed by atoms with Crippen molar-refractivity contribution in [3.05, 3.63) is 68.7 Å². The van der Waals surface area contributed by atoms with E-state index in [0.717, 1.165) is 21.2 Å². The van der Waals surface area contributed by atoms with Crippen LogP contribution in [0.15, 0.2) is 46.0 Å². The predicted molar refractivity (Wildman–Crippen MR) is 102 cm³/mol. The fourth-order valence-corrected chi connectivity index (χ4v) is 2.95. The van der Waals surface area contributed by atoms with Gasteiger partial charge in [-0.15, -0.1) is 0 Å². The lowest BCUT2D eigenvalue weighted by atomic mass is 9.94. The van der Waals surface area contributed by atoms with Crippen molar-refractivity contribution >= 4 is 33.4 Å². The number of carbonyl (C=O) groups excluding carboxylic acids is 2. The van der Waals surface area contributed by atoms with Crippen molar-refractivity contribution in [2.24, 2.45) is 5.16 Å². The van der Waals surface area contributed by atoms with Crippen LogP contribution in [0.2, 0.25) is 0 Å². The number of carbonyl (C=O) groups is 2. The third kappa shape index (κ3) is 4.63. The molecule has 2 rings (SSSR count). The molecule has 0 radical (unpaired) electrons. The van der Waals surface area contributed by atoms with Crippen LogP contribution < -0.4 is 0 Å². The maximum Gasteiger partial charge on any atom is 0.365 e. The Bertz CT molecular complexity index is 816. The first kappa shape index (κ1) is 19.1. The van der Waals surface area contributed by atoms with E-state index in [4.69, 9.17) is 4.84 Å². The summed E-state index contributed by atoms with van der Waals surface area (Å²) < 4.78 is 0.863. The molecule has 2 aromatic rings. The van der Waals surface area contributed by atoms with E-state index >= 15 is 0 Å². The SMILES string of the molecule is CCC(=NOC(=O)c1ccc(Br)cc1)C(=O)c1c(C)cc(C)cc1C. The van der Waals surface area contributed by atoms with Gasteiger partial charge in [0.25, 0.3) is 0 Å². The number of hydrogen-bond donors (Lipinski definition) is 0. The highest BCUT2D eigenvalue weighted by Crippen LogP contribution is 2.18. The van der Waals surface area contributed by atoms with Crippen molar-refractivity contribution in [3.8, 4) is 0 Å². The normalized spacial score (nSPS) is 11.3. The Kier molecular flexibility index (Phi) is 6.26. The van der Waals surface area contributed by atoms with Crippen LogP contribution in [0.5, 0.6) is 0 Å². The molecule has 0 spiro atoms. The van der Waals surface area contributed by atoms with E-state index in [1.807, 2.05) is 39.8 Å². The zero-order valence-electron chi connectivity index (χ0n) is 14.7. The molecule has 0 saturated carbocycles. The Balaban J connectivity index is 2.24. The van der Waals surface area contributed by atoms with Gasteiger partial charge >= 0.3 is 5.97 Å². The van der Waals surface area contributed by atoms with Crippen LogP contribution in [-0.4, -0.2) is 17.5 Å². The van der Waals surface area contributed by atoms with E-state index < -0.39 is 5.97 Å². The second-order valence-electron chi connectivity index (χ2n) is 5.88. The molecule has 0 saturated heterocycles. The highest BCUT2D eigenvalue weighted by atomic mass is 79.9. The summed E-state index contributed by atoms with van der Waals surface area (Å²) in [5.74, 6) is -0.801. The van der Waals surface area contributed by atoms with Crippen LogP contribution in [0, 0.1) is 20.8 Å². The minimum atomic E-state index is -0.594. The number of hydrogen-bond acceptors (Lipinski definition) is 4. The van der Waals surface area contributed by atoms with Gasteiger partial charge in [-0.05, 0) is 62.6 Å². The van der Waals surface area contributed by atoms with Crippen LogP contribution >= 0.6 is 15.9 Å². The predicted octanol–water partition coefficient (Wildman–Crippen LogP) is 5.18. The molecular formula is C20H20BrNO3. The molecular weight excluding hydrogens is 382 g/mol. The van der Waals surface area contributed by atoms with Crippen molar-refractivity contribution in [2.45, 2.75) is 34.1 Å². The number of benzene rings is 2. The van der Waals surface area contributed by atoms with Crippen molar-refractivity contribution in [3.63, 3.8) is 0 Å². The molecule has 0 amide bonds. The third-order valence-electron chi connectivity index (χ3n) is 3.82. The number of aryl methyl sites for hydroxylation is 3. The Labute approximate surface area is 156 Å². The molecule has 0 unspecified atom stereocenters. The van der Waals surface area contributed by atoms with Crippen molar-refractivity contribution in [2.75, 3.05) is 0 Å². The molecule has 0 bridgehead atoms. The summed E-state index contributed by atoms with van der Waals surface area (Å²) in [7, 11) is 0. The fourth-order valence-electron chi connectivity index (χ4n) is 2.68. The molecule has 0 heterocycles. The molecule has 130 valence electrons. The van der Waals surface area contributed by atoms with Crippen molar-refractivity contribution in [1.82, 2.24) is 0 Å². The summed E-state index contributed by atoms with van der Waals surface area (Å²) in [6.07, 6.45) is 0.374. The van der Waals surface area contributed by atoms with Crippen LogP contribution in [0.4, 0.5) is 0 Å². The molecule has 0 aliphatic rings. The molecule has 0 N–H and O–H groups in total. The topological polar surface area (TPSA) is 55.7 Å².